The van der Waals surface area contributed by atoms with Crippen molar-refractivity contribution in [1.82, 2.24) is 4.90 Å². The molecule has 1 unspecified atom stereocenters. The van der Waals surface area contributed by atoms with Crippen LogP contribution in [0.2, 0.25) is 0 Å². The smallest absolute Gasteiger partial charge is 0.191 e. The molecule has 1 aliphatic rings. The minimum atomic E-state index is -0.0278. The van der Waals surface area contributed by atoms with E-state index < -0.39 is 0 Å². The summed E-state index contributed by atoms with van der Waals surface area (Å²) in [5.41, 5.74) is 7.12. The van der Waals surface area contributed by atoms with Crippen LogP contribution in [0, 0.1) is 5.92 Å². The zero-order chi connectivity index (χ0) is 16.7. The molecule has 3 N–H and O–H groups in total. The molecule has 1 aromatic carbocycles. The Morgan fingerprint density at radius 1 is 1.43 bits per heavy atom. The Kier molecular flexibility index (Phi) is 6.52. The zero-order valence-corrected chi connectivity index (χ0v) is 14.0. The van der Waals surface area contributed by atoms with Crippen molar-refractivity contribution in [3.63, 3.8) is 0 Å². The second kappa shape index (κ2) is 8.62. The number of aliphatic hydroxyl groups is 1. The van der Waals surface area contributed by atoms with E-state index in [1.54, 1.807) is 7.11 Å². The Morgan fingerprint density at radius 3 is 2.96 bits per heavy atom. The lowest BCUT2D eigenvalue weighted by molar-refractivity contribution is 0.196. The van der Waals surface area contributed by atoms with E-state index in [1.807, 2.05) is 18.2 Å². The Bertz CT molecular complexity index is 534. The maximum atomic E-state index is 8.83. The van der Waals surface area contributed by atoms with E-state index in [4.69, 9.17) is 20.3 Å². The van der Waals surface area contributed by atoms with Crippen LogP contribution in [-0.4, -0.2) is 49.4 Å². The number of benzene rings is 1. The Morgan fingerprint density at radius 2 is 2.26 bits per heavy atom. The molecule has 1 atom stereocenters. The van der Waals surface area contributed by atoms with E-state index in [-0.39, 0.29) is 13.2 Å². The predicted octanol–water partition coefficient (Wildman–Crippen LogP) is 1.61. The Hall–Kier alpha value is -1.95. The number of rotatable bonds is 6. The molecule has 128 valence electrons. The van der Waals surface area contributed by atoms with Crippen LogP contribution in [0.25, 0.3) is 0 Å². The standard InChI is InChI=1S/C17H27N3O3/c1-13-4-3-7-20(12-13)17(18)19-11-14-5-6-15(23-9-8-21)16(10-14)22-2/h5-6,10,13,21H,3-4,7-9,11-12H2,1-2H3,(H2,18,19). The van der Waals surface area contributed by atoms with E-state index in [9.17, 15) is 0 Å². The molecule has 1 aromatic rings. The average Bonchev–Trinajstić information content (AvgIpc) is 2.58. The fraction of sp³-hybridized carbons (Fsp3) is 0.588. The zero-order valence-electron chi connectivity index (χ0n) is 14.0. The molecule has 23 heavy (non-hydrogen) atoms. The molecule has 0 radical (unpaired) electrons. The summed E-state index contributed by atoms with van der Waals surface area (Å²) in [6.07, 6.45) is 2.43. The van der Waals surface area contributed by atoms with Crippen LogP contribution in [0.4, 0.5) is 0 Å². The van der Waals surface area contributed by atoms with Crippen molar-refractivity contribution < 1.29 is 14.6 Å². The van der Waals surface area contributed by atoms with Gasteiger partial charge in [-0.05, 0) is 36.5 Å². The van der Waals surface area contributed by atoms with Crippen molar-refractivity contribution >= 4 is 5.96 Å². The number of hydrogen-bond acceptors (Lipinski definition) is 4. The van der Waals surface area contributed by atoms with Crippen LogP contribution in [0.3, 0.4) is 0 Å². The van der Waals surface area contributed by atoms with Gasteiger partial charge in [0.25, 0.3) is 0 Å². The maximum Gasteiger partial charge on any atom is 0.191 e. The van der Waals surface area contributed by atoms with E-state index in [1.165, 1.54) is 12.8 Å². The number of guanidine groups is 1. The monoisotopic (exact) mass is 321 g/mol. The normalized spacial score (nSPS) is 18.8. The summed E-state index contributed by atoms with van der Waals surface area (Å²) in [4.78, 5) is 6.66. The minimum absolute atomic E-state index is 0.0278. The number of nitrogens with zero attached hydrogens (tertiary/aromatic N) is 2. The number of piperidine rings is 1. The fourth-order valence-electron chi connectivity index (χ4n) is 2.75. The van der Waals surface area contributed by atoms with Gasteiger partial charge in [-0.3, -0.25) is 0 Å². The van der Waals surface area contributed by atoms with Gasteiger partial charge < -0.3 is 25.2 Å². The number of aliphatic hydroxyl groups excluding tert-OH is 1. The summed E-state index contributed by atoms with van der Waals surface area (Å²) in [6.45, 7) is 4.93. The van der Waals surface area contributed by atoms with Crippen molar-refractivity contribution in [1.29, 1.82) is 0 Å². The average molecular weight is 321 g/mol. The lowest BCUT2D eigenvalue weighted by Crippen LogP contribution is -2.43. The lowest BCUT2D eigenvalue weighted by Gasteiger charge is -2.31. The Balaban J connectivity index is 2.00. The van der Waals surface area contributed by atoms with Crippen LogP contribution >= 0.6 is 0 Å². The summed E-state index contributed by atoms with van der Waals surface area (Å²) >= 11 is 0. The van der Waals surface area contributed by atoms with Gasteiger partial charge in [0, 0.05) is 13.1 Å². The topological polar surface area (TPSA) is 80.3 Å². The quantitative estimate of drug-likeness (QED) is 0.615. The van der Waals surface area contributed by atoms with E-state index in [2.05, 4.69) is 16.8 Å². The van der Waals surface area contributed by atoms with Gasteiger partial charge >= 0.3 is 0 Å². The highest BCUT2D eigenvalue weighted by atomic mass is 16.5. The number of aliphatic imine (C=N–C) groups is 1. The summed E-state index contributed by atoms with van der Waals surface area (Å²) in [7, 11) is 1.59. The molecule has 1 saturated heterocycles. The number of hydrogen-bond donors (Lipinski definition) is 2. The first-order valence-electron chi connectivity index (χ1n) is 8.09. The van der Waals surface area contributed by atoms with Gasteiger partial charge in [-0.25, -0.2) is 4.99 Å². The summed E-state index contributed by atoms with van der Waals surface area (Å²) in [5.74, 6) is 2.53. The van der Waals surface area contributed by atoms with E-state index in [0.717, 1.165) is 18.7 Å². The summed E-state index contributed by atoms with van der Waals surface area (Å²) < 4.78 is 10.7. The third-order valence-electron chi connectivity index (χ3n) is 3.98. The van der Waals surface area contributed by atoms with Gasteiger partial charge in [-0.2, -0.15) is 0 Å². The van der Waals surface area contributed by atoms with Crippen LogP contribution in [-0.2, 0) is 6.54 Å². The second-order valence-electron chi connectivity index (χ2n) is 5.93. The largest absolute Gasteiger partial charge is 0.493 e. The third-order valence-corrected chi connectivity index (χ3v) is 3.98. The number of likely N-dealkylation sites (tertiary alicyclic amines) is 1. The molecule has 0 aliphatic carbocycles. The number of methoxy groups -OCH3 is 1. The summed E-state index contributed by atoms with van der Waals surface area (Å²) in [6, 6.07) is 5.66. The number of ether oxygens (including phenoxy) is 2. The van der Waals surface area contributed by atoms with E-state index >= 15 is 0 Å². The van der Waals surface area contributed by atoms with Crippen molar-refractivity contribution in [2.45, 2.75) is 26.3 Å². The maximum absolute atomic E-state index is 8.83. The molecular weight excluding hydrogens is 294 g/mol. The van der Waals surface area contributed by atoms with Crippen molar-refractivity contribution in [2.24, 2.45) is 16.6 Å². The van der Waals surface area contributed by atoms with Crippen molar-refractivity contribution in [3.8, 4) is 11.5 Å². The summed E-state index contributed by atoms with van der Waals surface area (Å²) in [5, 5.41) is 8.83. The van der Waals surface area contributed by atoms with Gasteiger partial charge in [-0.15, -0.1) is 0 Å². The van der Waals surface area contributed by atoms with Crippen molar-refractivity contribution in [2.75, 3.05) is 33.4 Å². The molecule has 0 bridgehead atoms. The molecule has 0 aromatic heterocycles. The lowest BCUT2D eigenvalue weighted by atomic mass is 10.0. The van der Waals surface area contributed by atoms with Crippen LogP contribution < -0.4 is 15.2 Å². The highest BCUT2D eigenvalue weighted by Gasteiger charge is 2.17. The Labute approximate surface area is 137 Å². The molecular formula is C17H27N3O3. The molecule has 1 heterocycles. The SMILES string of the molecule is COc1cc(CN=C(N)N2CCCC(C)C2)ccc1OCCO. The van der Waals surface area contributed by atoms with Gasteiger partial charge in [0.15, 0.2) is 17.5 Å². The molecule has 6 nitrogen and oxygen atoms in total. The molecule has 6 heteroatoms. The van der Waals surface area contributed by atoms with Crippen LogP contribution in [0.5, 0.6) is 11.5 Å². The van der Waals surface area contributed by atoms with Gasteiger partial charge in [0.05, 0.1) is 20.3 Å². The van der Waals surface area contributed by atoms with Gasteiger partial charge in [0.1, 0.15) is 6.61 Å². The molecule has 0 saturated carbocycles. The van der Waals surface area contributed by atoms with E-state index in [0.29, 0.717) is 29.9 Å². The fourth-order valence-corrected chi connectivity index (χ4v) is 2.75. The molecule has 0 spiro atoms. The molecule has 0 amide bonds. The predicted molar refractivity (Wildman–Crippen MR) is 90.9 cm³/mol. The third kappa shape index (κ3) is 5.03. The first-order chi connectivity index (χ1) is 11.1. The highest BCUT2D eigenvalue weighted by Crippen LogP contribution is 2.28. The first-order valence-corrected chi connectivity index (χ1v) is 8.09. The van der Waals surface area contributed by atoms with Gasteiger partial charge in [-0.1, -0.05) is 13.0 Å². The molecule has 1 aliphatic heterocycles. The van der Waals surface area contributed by atoms with Gasteiger partial charge in [0.2, 0.25) is 0 Å². The van der Waals surface area contributed by atoms with Crippen LogP contribution in [0.1, 0.15) is 25.3 Å². The molecule has 2 rings (SSSR count). The first kappa shape index (κ1) is 17.4. The molecule has 1 fully saturated rings. The minimum Gasteiger partial charge on any atom is -0.493 e. The second-order valence-corrected chi connectivity index (χ2v) is 5.93. The number of nitrogens with two attached hydrogens (primary N) is 1. The highest BCUT2D eigenvalue weighted by molar-refractivity contribution is 5.78. The van der Waals surface area contributed by atoms with Crippen LogP contribution in [0.15, 0.2) is 23.2 Å². The van der Waals surface area contributed by atoms with Crippen molar-refractivity contribution in [3.05, 3.63) is 23.8 Å².